The van der Waals surface area contributed by atoms with Crippen molar-refractivity contribution in [3.63, 3.8) is 0 Å². The van der Waals surface area contributed by atoms with Gasteiger partial charge in [0.25, 0.3) is 0 Å². The van der Waals surface area contributed by atoms with Crippen molar-refractivity contribution in [1.29, 1.82) is 0 Å². The standard InChI is InChI=1S/C15H25NO2/c1-13-6-5-7-14(12-13)17-10-8-16-9-11-18-15(2,3)4/h5-7,12,16H,8-11H2,1-4H3. The Morgan fingerprint density at radius 2 is 1.83 bits per heavy atom. The van der Waals surface area contributed by atoms with E-state index < -0.39 is 0 Å². The third-order valence-electron chi connectivity index (χ3n) is 2.35. The van der Waals surface area contributed by atoms with Crippen molar-refractivity contribution in [3.8, 4) is 5.75 Å². The molecule has 0 spiro atoms. The van der Waals surface area contributed by atoms with Gasteiger partial charge in [0.1, 0.15) is 12.4 Å². The highest BCUT2D eigenvalue weighted by Crippen LogP contribution is 2.11. The summed E-state index contributed by atoms with van der Waals surface area (Å²) in [4.78, 5) is 0. The van der Waals surface area contributed by atoms with Gasteiger partial charge in [-0.05, 0) is 45.4 Å². The average Bonchev–Trinajstić information content (AvgIpc) is 2.26. The summed E-state index contributed by atoms with van der Waals surface area (Å²) in [6.45, 7) is 11.4. The van der Waals surface area contributed by atoms with Crippen LogP contribution in [0.25, 0.3) is 0 Å². The molecule has 0 aromatic heterocycles. The minimum absolute atomic E-state index is 0.0558. The maximum absolute atomic E-state index is 5.63. The Labute approximate surface area is 110 Å². The van der Waals surface area contributed by atoms with Crippen LogP contribution in [-0.2, 0) is 4.74 Å². The van der Waals surface area contributed by atoms with Gasteiger partial charge >= 0.3 is 0 Å². The molecule has 0 aliphatic carbocycles. The molecule has 0 amide bonds. The second-order valence-corrected chi connectivity index (χ2v) is 5.38. The minimum Gasteiger partial charge on any atom is -0.492 e. The normalized spacial score (nSPS) is 11.6. The van der Waals surface area contributed by atoms with Crippen LogP contribution in [-0.4, -0.2) is 31.9 Å². The van der Waals surface area contributed by atoms with E-state index in [4.69, 9.17) is 9.47 Å². The maximum Gasteiger partial charge on any atom is 0.119 e. The fourth-order valence-corrected chi connectivity index (χ4v) is 1.50. The topological polar surface area (TPSA) is 30.5 Å². The molecule has 0 unspecified atom stereocenters. The predicted molar refractivity (Wildman–Crippen MR) is 75.2 cm³/mol. The lowest BCUT2D eigenvalue weighted by Gasteiger charge is -2.19. The number of aryl methyl sites for hydroxylation is 1. The van der Waals surface area contributed by atoms with E-state index in [2.05, 4.69) is 39.1 Å². The van der Waals surface area contributed by atoms with Gasteiger partial charge in [0, 0.05) is 13.1 Å². The lowest BCUT2D eigenvalue weighted by atomic mass is 10.2. The predicted octanol–water partition coefficient (Wildman–Crippen LogP) is 2.78. The van der Waals surface area contributed by atoms with Crippen LogP contribution in [0.1, 0.15) is 26.3 Å². The number of hydrogen-bond acceptors (Lipinski definition) is 3. The zero-order valence-electron chi connectivity index (χ0n) is 12.0. The summed E-state index contributed by atoms with van der Waals surface area (Å²) in [5.41, 5.74) is 1.17. The maximum atomic E-state index is 5.63. The van der Waals surface area contributed by atoms with E-state index >= 15 is 0 Å². The van der Waals surface area contributed by atoms with Gasteiger partial charge in [-0.25, -0.2) is 0 Å². The molecule has 1 aromatic rings. The van der Waals surface area contributed by atoms with Gasteiger partial charge in [0.05, 0.1) is 12.2 Å². The first-order valence-corrected chi connectivity index (χ1v) is 6.51. The van der Waals surface area contributed by atoms with Gasteiger partial charge in [0.2, 0.25) is 0 Å². The minimum atomic E-state index is -0.0558. The van der Waals surface area contributed by atoms with Crippen molar-refractivity contribution in [2.24, 2.45) is 0 Å². The van der Waals surface area contributed by atoms with Crippen LogP contribution in [0.3, 0.4) is 0 Å². The van der Waals surface area contributed by atoms with Gasteiger partial charge < -0.3 is 14.8 Å². The van der Waals surface area contributed by atoms with Crippen LogP contribution >= 0.6 is 0 Å². The van der Waals surface area contributed by atoms with E-state index in [1.807, 2.05) is 18.2 Å². The largest absolute Gasteiger partial charge is 0.492 e. The van der Waals surface area contributed by atoms with Gasteiger partial charge in [-0.15, -0.1) is 0 Å². The molecule has 0 radical (unpaired) electrons. The summed E-state index contributed by atoms with van der Waals surface area (Å²) in [7, 11) is 0. The quantitative estimate of drug-likeness (QED) is 0.756. The van der Waals surface area contributed by atoms with Gasteiger partial charge in [-0.2, -0.15) is 0 Å². The van der Waals surface area contributed by atoms with E-state index in [9.17, 15) is 0 Å². The number of hydrogen-bond donors (Lipinski definition) is 1. The second-order valence-electron chi connectivity index (χ2n) is 5.38. The molecule has 0 bridgehead atoms. The Hall–Kier alpha value is -1.06. The summed E-state index contributed by atoms with van der Waals surface area (Å²) in [6.07, 6.45) is 0. The molecule has 3 nitrogen and oxygen atoms in total. The van der Waals surface area contributed by atoms with E-state index in [1.54, 1.807) is 0 Å². The zero-order chi connectivity index (χ0) is 13.4. The van der Waals surface area contributed by atoms with Crippen molar-refractivity contribution in [2.45, 2.75) is 33.3 Å². The molecule has 18 heavy (non-hydrogen) atoms. The fourth-order valence-electron chi connectivity index (χ4n) is 1.50. The summed E-state index contributed by atoms with van der Waals surface area (Å²) in [5.74, 6) is 0.933. The van der Waals surface area contributed by atoms with Crippen LogP contribution in [0.2, 0.25) is 0 Å². The van der Waals surface area contributed by atoms with Gasteiger partial charge in [0.15, 0.2) is 0 Å². The molecule has 0 fully saturated rings. The van der Waals surface area contributed by atoms with Crippen molar-refractivity contribution < 1.29 is 9.47 Å². The third-order valence-corrected chi connectivity index (χ3v) is 2.35. The van der Waals surface area contributed by atoms with Crippen LogP contribution in [0.4, 0.5) is 0 Å². The Bertz CT molecular complexity index is 345. The lowest BCUT2D eigenvalue weighted by Crippen LogP contribution is -2.29. The van der Waals surface area contributed by atoms with Gasteiger partial charge in [-0.1, -0.05) is 12.1 Å². The molecule has 102 valence electrons. The molecule has 0 aliphatic rings. The SMILES string of the molecule is Cc1cccc(OCCNCCOC(C)(C)C)c1. The Balaban J connectivity index is 2.02. The highest BCUT2D eigenvalue weighted by Gasteiger charge is 2.08. The first-order chi connectivity index (χ1) is 8.47. The molecule has 3 heteroatoms. The molecule has 0 saturated heterocycles. The third kappa shape index (κ3) is 7.30. The number of benzene rings is 1. The first kappa shape index (κ1) is 15.0. The van der Waals surface area contributed by atoms with E-state index in [0.717, 1.165) is 25.4 Å². The lowest BCUT2D eigenvalue weighted by molar-refractivity contribution is -0.000913. The van der Waals surface area contributed by atoms with Crippen molar-refractivity contribution in [3.05, 3.63) is 29.8 Å². The summed E-state index contributed by atoms with van der Waals surface area (Å²) >= 11 is 0. The van der Waals surface area contributed by atoms with E-state index in [0.29, 0.717) is 6.61 Å². The Kier molecular flexibility index (Phi) is 6.16. The second kappa shape index (κ2) is 7.39. The van der Waals surface area contributed by atoms with Gasteiger partial charge in [-0.3, -0.25) is 0 Å². The molecule has 0 saturated carbocycles. The molecular weight excluding hydrogens is 226 g/mol. The molecule has 0 atom stereocenters. The average molecular weight is 251 g/mol. The highest BCUT2D eigenvalue weighted by atomic mass is 16.5. The molecule has 1 aromatic carbocycles. The molecular formula is C15H25NO2. The molecule has 1 rings (SSSR count). The molecule has 1 N–H and O–H groups in total. The smallest absolute Gasteiger partial charge is 0.119 e. The van der Waals surface area contributed by atoms with Crippen LogP contribution in [0.5, 0.6) is 5.75 Å². The van der Waals surface area contributed by atoms with Crippen LogP contribution in [0, 0.1) is 6.92 Å². The molecule has 0 aliphatic heterocycles. The number of nitrogens with one attached hydrogen (secondary N) is 1. The summed E-state index contributed by atoms with van der Waals surface area (Å²) < 4.78 is 11.2. The van der Waals surface area contributed by atoms with E-state index in [1.165, 1.54) is 5.56 Å². The number of rotatable bonds is 7. The monoisotopic (exact) mass is 251 g/mol. The fraction of sp³-hybridized carbons (Fsp3) is 0.600. The highest BCUT2D eigenvalue weighted by molar-refractivity contribution is 5.27. The Morgan fingerprint density at radius 3 is 2.50 bits per heavy atom. The van der Waals surface area contributed by atoms with Crippen molar-refractivity contribution in [2.75, 3.05) is 26.3 Å². The number of ether oxygens (including phenoxy) is 2. The van der Waals surface area contributed by atoms with E-state index in [-0.39, 0.29) is 5.60 Å². The summed E-state index contributed by atoms with van der Waals surface area (Å²) in [6, 6.07) is 8.10. The van der Waals surface area contributed by atoms with Crippen LogP contribution in [0.15, 0.2) is 24.3 Å². The van der Waals surface area contributed by atoms with Crippen molar-refractivity contribution >= 4 is 0 Å². The van der Waals surface area contributed by atoms with Crippen LogP contribution < -0.4 is 10.1 Å². The van der Waals surface area contributed by atoms with Crippen molar-refractivity contribution in [1.82, 2.24) is 5.32 Å². The zero-order valence-corrected chi connectivity index (χ0v) is 12.0. The Morgan fingerprint density at radius 1 is 1.11 bits per heavy atom. The first-order valence-electron chi connectivity index (χ1n) is 6.51. The molecule has 0 heterocycles. The summed E-state index contributed by atoms with van der Waals surface area (Å²) in [5, 5.41) is 3.29.